The summed E-state index contributed by atoms with van der Waals surface area (Å²) in [6.07, 6.45) is 1.77. The molecule has 0 saturated carbocycles. The Morgan fingerprint density at radius 2 is 2.00 bits per heavy atom. The van der Waals surface area contributed by atoms with Crippen LogP contribution in [0.15, 0.2) is 58.0 Å². The molecule has 0 bridgehead atoms. The van der Waals surface area contributed by atoms with E-state index in [9.17, 15) is 0 Å². The lowest BCUT2D eigenvalue weighted by atomic mass is 10.2. The number of rotatable bonds is 2. The van der Waals surface area contributed by atoms with Gasteiger partial charge in [0.15, 0.2) is 0 Å². The summed E-state index contributed by atoms with van der Waals surface area (Å²) in [6, 6.07) is 14.1. The van der Waals surface area contributed by atoms with Crippen molar-refractivity contribution in [1.82, 2.24) is 10.3 Å². The fourth-order valence-corrected chi connectivity index (χ4v) is 2.28. The molecule has 0 fully saturated rings. The van der Waals surface area contributed by atoms with E-state index in [4.69, 9.17) is 0 Å². The highest BCUT2D eigenvalue weighted by Gasteiger charge is 2.12. The van der Waals surface area contributed by atoms with Crippen LogP contribution in [0, 0.1) is 0 Å². The number of nitrogens with zero attached hydrogens (tertiary/aromatic N) is 2. The molecule has 2 N–H and O–H groups in total. The Kier molecular flexibility index (Phi) is 3.14. The Bertz CT molecular complexity index is 568. The van der Waals surface area contributed by atoms with Crippen molar-refractivity contribution >= 4 is 23.7 Å². The molecular formula is C13H12N4S. The highest BCUT2D eigenvalue weighted by atomic mass is 32.2. The van der Waals surface area contributed by atoms with Gasteiger partial charge in [0, 0.05) is 24.7 Å². The Balaban J connectivity index is 1.64. The molecule has 2 heterocycles. The summed E-state index contributed by atoms with van der Waals surface area (Å²) >= 11 is 1.43. The summed E-state index contributed by atoms with van der Waals surface area (Å²) in [5.74, 6) is 1.60. The van der Waals surface area contributed by atoms with Gasteiger partial charge in [-0.2, -0.15) is 4.40 Å². The van der Waals surface area contributed by atoms with Crippen LogP contribution in [0.25, 0.3) is 0 Å². The maximum atomic E-state index is 4.36. The van der Waals surface area contributed by atoms with Crippen molar-refractivity contribution in [1.29, 1.82) is 0 Å². The van der Waals surface area contributed by atoms with Crippen LogP contribution in [0.1, 0.15) is 5.56 Å². The third-order valence-corrected chi connectivity index (χ3v) is 3.35. The van der Waals surface area contributed by atoms with Gasteiger partial charge in [0.1, 0.15) is 5.82 Å². The van der Waals surface area contributed by atoms with E-state index in [-0.39, 0.29) is 0 Å². The smallest absolute Gasteiger partial charge is 0.209 e. The summed E-state index contributed by atoms with van der Waals surface area (Å²) in [4.78, 5) is 5.32. The molecule has 4 nitrogen and oxygen atoms in total. The van der Waals surface area contributed by atoms with Crippen LogP contribution in [0.4, 0.5) is 5.82 Å². The van der Waals surface area contributed by atoms with E-state index in [2.05, 4.69) is 32.1 Å². The van der Waals surface area contributed by atoms with Crippen LogP contribution in [0.5, 0.6) is 0 Å². The number of benzene rings is 1. The second-order valence-electron chi connectivity index (χ2n) is 3.85. The fourth-order valence-electron chi connectivity index (χ4n) is 1.65. The van der Waals surface area contributed by atoms with Crippen LogP contribution < -0.4 is 10.6 Å². The van der Waals surface area contributed by atoms with Crippen LogP contribution >= 0.6 is 11.9 Å². The Morgan fingerprint density at radius 1 is 1.11 bits per heavy atom. The van der Waals surface area contributed by atoms with E-state index in [1.54, 1.807) is 6.20 Å². The minimum absolute atomic E-state index is 0.745. The molecular weight excluding hydrogens is 244 g/mol. The second kappa shape index (κ2) is 5.10. The molecule has 0 unspecified atom stereocenters. The highest BCUT2D eigenvalue weighted by Crippen LogP contribution is 2.29. The molecule has 3 rings (SSSR count). The van der Waals surface area contributed by atoms with Crippen molar-refractivity contribution in [2.24, 2.45) is 4.40 Å². The second-order valence-corrected chi connectivity index (χ2v) is 4.65. The molecule has 2 aromatic rings. The van der Waals surface area contributed by atoms with Crippen LogP contribution in [-0.4, -0.2) is 10.9 Å². The van der Waals surface area contributed by atoms with Gasteiger partial charge in [-0.05, 0) is 17.7 Å². The maximum absolute atomic E-state index is 4.36. The molecule has 5 heteroatoms. The monoisotopic (exact) mass is 256 g/mol. The van der Waals surface area contributed by atoms with Crippen molar-refractivity contribution in [2.75, 3.05) is 5.32 Å². The summed E-state index contributed by atoms with van der Waals surface area (Å²) < 4.78 is 4.36. The van der Waals surface area contributed by atoms with E-state index < -0.39 is 0 Å². The molecule has 0 atom stereocenters. The van der Waals surface area contributed by atoms with Crippen molar-refractivity contribution in [3.8, 4) is 0 Å². The van der Waals surface area contributed by atoms with Gasteiger partial charge in [0.05, 0.1) is 4.90 Å². The molecule has 18 heavy (non-hydrogen) atoms. The van der Waals surface area contributed by atoms with Crippen LogP contribution in [0.2, 0.25) is 0 Å². The van der Waals surface area contributed by atoms with E-state index in [0.29, 0.717) is 0 Å². The molecule has 90 valence electrons. The van der Waals surface area contributed by atoms with Crippen molar-refractivity contribution in [3.05, 3.63) is 54.2 Å². The molecule has 0 amide bonds. The zero-order chi connectivity index (χ0) is 12.2. The molecule has 0 radical (unpaired) electrons. The van der Waals surface area contributed by atoms with Gasteiger partial charge in [-0.15, -0.1) is 0 Å². The third-order valence-electron chi connectivity index (χ3n) is 2.55. The molecule has 1 aliphatic heterocycles. The number of aromatic nitrogens is 1. The van der Waals surface area contributed by atoms with Gasteiger partial charge in [-0.1, -0.05) is 30.3 Å². The van der Waals surface area contributed by atoms with Crippen LogP contribution in [-0.2, 0) is 6.54 Å². The van der Waals surface area contributed by atoms with Crippen LogP contribution in [0.3, 0.4) is 0 Å². The first-order chi connectivity index (χ1) is 8.92. The van der Waals surface area contributed by atoms with Gasteiger partial charge in [0.2, 0.25) is 5.96 Å². The average molecular weight is 256 g/mol. The van der Waals surface area contributed by atoms with Gasteiger partial charge in [0.25, 0.3) is 0 Å². The van der Waals surface area contributed by atoms with Gasteiger partial charge in [-0.3, -0.25) is 0 Å². The largest absolute Gasteiger partial charge is 0.351 e. The minimum atomic E-state index is 0.745. The predicted molar refractivity (Wildman–Crippen MR) is 74.4 cm³/mol. The van der Waals surface area contributed by atoms with Gasteiger partial charge in [-0.25, -0.2) is 4.98 Å². The predicted octanol–water partition coefficient (Wildman–Crippen LogP) is 2.66. The number of fused-ring (bicyclic) bond motifs is 1. The molecule has 0 spiro atoms. The molecule has 0 saturated heterocycles. The lowest BCUT2D eigenvalue weighted by Crippen LogP contribution is -2.31. The van der Waals surface area contributed by atoms with Gasteiger partial charge >= 0.3 is 0 Å². The third kappa shape index (κ3) is 2.46. The Morgan fingerprint density at radius 3 is 2.89 bits per heavy atom. The Labute approximate surface area is 110 Å². The number of nitrogens with one attached hydrogen (secondary N) is 2. The molecule has 0 aliphatic carbocycles. The van der Waals surface area contributed by atoms with E-state index in [1.807, 2.05) is 30.3 Å². The van der Waals surface area contributed by atoms with Crippen molar-refractivity contribution in [3.63, 3.8) is 0 Å². The van der Waals surface area contributed by atoms with Crippen molar-refractivity contribution in [2.45, 2.75) is 11.4 Å². The zero-order valence-electron chi connectivity index (χ0n) is 9.63. The minimum Gasteiger partial charge on any atom is -0.351 e. The molecule has 1 aromatic carbocycles. The van der Waals surface area contributed by atoms with Crippen molar-refractivity contribution < 1.29 is 0 Å². The van der Waals surface area contributed by atoms with Gasteiger partial charge < -0.3 is 10.6 Å². The average Bonchev–Trinajstić information content (AvgIpc) is 2.46. The normalized spacial score (nSPS) is 13.2. The first-order valence-corrected chi connectivity index (χ1v) is 6.44. The number of hydrogen-bond donors (Lipinski definition) is 2. The lowest BCUT2D eigenvalue weighted by Gasteiger charge is -2.17. The zero-order valence-corrected chi connectivity index (χ0v) is 10.4. The number of pyridine rings is 1. The van der Waals surface area contributed by atoms with E-state index >= 15 is 0 Å². The quantitative estimate of drug-likeness (QED) is 0.811. The number of guanidine groups is 1. The first-order valence-electron chi connectivity index (χ1n) is 5.67. The lowest BCUT2D eigenvalue weighted by molar-refractivity contribution is 0.910. The van der Waals surface area contributed by atoms with E-state index in [0.717, 1.165) is 23.2 Å². The summed E-state index contributed by atoms with van der Waals surface area (Å²) in [5, 5.41) is 6.43. The Hall–Kier alpha value is -2.01. The maximum Gasteiger partial charge on any atom is 0.209 e. The topological polar surface area (TPSA) is 49.3 Å². The molecule has 1 aliphatic rings. The standard InChI is InChI=1S/C13H12N4S/c1-2-5-10(6-3-1)9-15-13-16-12-11(18-17-13)7-4-8-14-12/h1-8H,9H2,(H2,14,15,16,17). The highest BCUT2D eigenvalue weighted by molar-refractivity contribution is 7.98. The SMILES string of the molecule is c1ccc(CNC2=NSc3cccnc3N2)cc1. The summed E-state index contributed by atoms with van der Waals surface area (Å²) in [7, 11) is 0. The number of anilines is 1. The summed E-state index contributed by atoms with van der Waals surface area (Å²) in [6.45, 7) is 0.745. The first kappa shape index (κ1) is 11.1. The summed E-state index contributed by atoms with van der Waals surface area (Å²) in [5.41, 5.74) is 1.22. The number of hydrogen-bond acceptors (Lipinski definition) is 5. The molecule has 1 aromatic heterocycles. The fraction of sp³-hybridized carbons (Fsp3) is 0.0769. The van der Waals surface area contributed by atoms with E-state index in [1.165, 1.54) is 17.5 Å².